The van der Waals surface area contributed by atoms with Gasteiger partial charge in [0.2, 0.25) is 0 Å². The maximum absolute atomic E-state index is 14.1. The molecule has 2 aromatic rings. The van der Waals surface area contributed by atoms with Crippen molar-refractivity contribution in [2.24, 2.45) is 0 Å². The van der Waals surface area contributed by atoms with Crippen LogP contribution in [0, 0.1) is 17.5 Å². The van der Waals surface area contributed by atoms with Crippen molar-refractivity contribution < 1.29 is 13.2 Å². The van der Waals surface area contributed by atoms with Gasteiger partial charge < -0.3 is 0 Å². The molecule has 0 N–H and O–H groups in total. The molecule has 5 heteroatoms. The van der Waals surface area contributed by atoms with Crippen molar-refractivity contribution in [3.05, 3.63) is 71.0 Å². The summed E-state index contributed by atoms with van der Waals surface area (Å²) >= 11 is 12.0. The Labute approximate surface area is 131 Å². The third-order valence-corrected chi connectivity index (χ3v) is 4.54. The van der Waals surface area contributed by atoms with Gasteiger partial charge in [-0.15, -0.1) is 23.2 Å². The molecule has 0 radical (unpaired) electrons. The highest BCUT2D eigenvalue weighted by atomic mass is 35.5. The topological polar surface area (TPSA) is 0 Å². The fourth-order valence-electron chi connectivity index (χ4n) is 2.31. The molecule has 0 atom stereocenters. The molecule has 0 bridgehead atoms. The van der Waals surface area contributed by atoms with Crippen molar-refractivity contribution >= 4 is 23.2 Å². The third-order valence-electron chi connectivity index (χ3n) is 3.52. The van der Waals surface area contributed by atoms with Crippen molar-refractivity contribution in [1.29, 1.82) is 0 Å². The minimum Gasteiger partial charge on any atom is -0.207 e. The molecule has 0 amide bonds. The van der Waals surface area contributed by atoms with Gasteiger partial charge in [0.25, 0.3) is 0 Å². The van der Waals surface area contributed by atoms with Gasteiger partial charge in [-0.2, -0.15) is 0 Å². The summed E-state index contributed by atoms with van der Waals surface area (Å²) in [5.41, 5.74) is -0.568. The second-order valence-electron chi connectivity index (χ2n) is 4.92. The van der Waals surface area contributed by atoms with Crippen LogP contribution < -0.4 is 0 Å². The Kier molecular flexibility index (Phi) is 5.17. The predicted octanol–water partition coefficient (Wildman–Crippen LogP) is 5.06. The number of halogens is 5. The van der Waals surface area contributed by atoms with Gasteiger partial charge in [-0.05, 0) is 29.7 Å². The summed E-state index contributed by atoms with van der Waals surface area (Å²) < 4.78 is 41.3. The average Bonchev–Trinajstić information content (AvgIpc) is 2.50. The molecule has 0 saturated heterocycles. The number of hydrogen-bond acceptors (Lipinski definition) is 0. The first-order valence-corrected chi connectivity index (χ1v) is 7.41. The van der Waals surface area contributed by atoms with Crippen molar-refractivity contribution in [1.82, 2.24) is 0 Å². The van der Waals surface area contributed by atoms with Crippen molar-refractivity contribution in [2.75, 3.05) is 11.8 Å². The Morgan fingerprint density at radius 3 is 2.05 bits per heavy atom. The van der Waals surface area contributed by atoms with E-state index < -0.39 is 22.9 Å². The zero-order valence-corrected chi connectivity index (χ0v) is 12.6. The molecule has 0 fully saturated rings. The van der Waals surface area contributed by atoms with Gasteiger partial charge in [-0.1, -0.05) is 30.3 Å². The summed E-state index contributed by atoms with van der Waals surface area (Å²) in [6.07, 6.45) is 0.0184. The highest BCUT2D eigenvalue weighted by Crippen LogP contribution is 2.34. The van der Waals surface area contributed by atoms with E-state index in [0.717, 1.165) is 6.07 Å². The van der Waals surface area contributed by atoms with E-state index in [2.05, 4.69) is 0 Å². The highest BCUT2D eigenvalue weighted by Gasteiger charge is 2.34. The Morgan fingerprint density at radius 2 is 1.43 bits per heavy atom. The van der Waals surface area contributed by atoms with Crippen LogP contribution in [-0.2, 0) is 11.8 Å². The van der Waals surface area contributed by atoms with Gasteiger partial charge in [-0.3, -0.25) is 0 Å². The van der Waals surface area contributed by atoms with Crippen molar-refractivity contribution in [2.45, 2.75) is 11.8 Å². The quantitative estimate of drug-likeness (QED) is 0.671. The molecule has 0 unspecified atom stereocenters. The average molecular weight is 333 g/mol. The summed E-state index contributed by atoms with van der Waals surface area (Å²) in [5, 5.41) is 0. The van der Waals surface area contributed by atoms with E-state index in [4.69, 9.17) is 23.2 Å². The van der Waals surface area contributed by atoms with E-state index in [1.165, 1.54) is 18.2 Å². The molecule has 0 spiro atoms. The molecule has 112 valence electrons. The lowest BCUT2D eigenvalue weighted by molar-refractivity contribution is 0.458. The van der Waals surface area contributed by atoms with Gasteiger partial charge in [0.05, 0.1) is 0 Å². The maximum atomic E-state index is 14.1. The van der Waals surface area contributed by atoms with E-state index in [0.29, 0.717) is 5.56 Å². The zero-order chi connectivity index (χ0) is 15.5. The Hall–Kier alpha value is -1.19. The molecule has 0 aromatic heterocycles. The standard InChI is InChI=1S/C16H13Cl2F3/c17-9-16(10-18,12-5-1-2-6-13(12)19)8-11-4-3-7-14(20)15(11)21/h1-7H,8-10H2. The highest BCUT2D eigenvalue weighted by molar-refractivity contribution is 6.22. The second kappa shape index (κ2) is 6.71. The first kappa shape index (κ1) is 16.2. The molecule has 0 saturated carbocycles. The SMILES string of the molecule is Fc1ccccc1C(CCl)(CCl)Cc1cccc(F)c1F. The number of rotatable bonds is 5. The molecular weight excluding hydrogens is 320 g/mol. The monoisotopic (exact) mass is 332 g/mol. The van der Waals surface area contributed by atoms with Crippen LogP contribution in [0.4, 0.5) is 13.2 Å². The van der Waals surface area contributed by atoms with Gasteiger partial charge >= 0.3 is 0 Å². The van der Waals surface area contributed by atoms with Crippen molar-refractivity contribution in [3.8, 4) is 0 Å². The molecule has 0 heterocycles. The van der Waals surface area contributed by atoms with Crippen molar-refractivity contribution in [3.63, 3.8) is 0 Å². The number of alkyl halides is 2. The summed E-state index contributed by atoms with van der Waals surface area (Å²) in [5.74, 6) is -2.37. The largest absolute Gasteiger partial charge is 0.207 e. The zero-order valence-electron chi connectivity index (χ0n) is 11.1. The number of hydrogen-bond donors (Lipinski definition) is 0. The fourth-order valence-corrected chi connectivity index (χ4v) is 3.07. The molecular formula is C16H13Cl2F3. The normalized spacial score (nSPS) is 11.7. The second-order valence-corrected chi connectivity index (χ2v) is 5.45. The van der Waals surface area contributed by atoms with E-state index in [-0.39, 0.29) is 23.7 Å². The van der Waals surface area contributed by atoms with Gasteiger partial charge in [0, 0.05) is 17.2 Å². The Morgan fingerprint density at radius 1 is 0.810 bits per heavy atom. The summed E-state index contributed by atoms with van der Waals surface area (Å²) in [6.45, 7) is 0. The van der Waals surface area contributed by atoms with E-state index in [1.807, 2.05) is 0 Å². The van der Waals surface area contributed by atoms with Crippen LogP contribution in [0.5, 0.6) is 0 Å². The predicted molar refractivity (Wildman–Crippen MR) is 79.6 cm³/mol. The van der Waals surface area contributed by atoms with E-state index >= 15 is 0 Å². The first-order valence-electron chi connectivity index (χ1n) is 6.34. The lowest BCUT2D eigenvalue weighted by atomic mass is 9.78. The first-order chi connectivity index (χ1) is 10.0. The fraction of sp³-hybridized carbons (Fsp3) is 0.250. The maximum Gasteiger partial charge on any atom is 0.162 e. The van der Waals surface area contributed by atoms with E-state index in [9.17, 15) is 13.2 Å². The van der Waals surface area contributed by atoms with Crippen LogP contribution in [0.3, 0.4) is 0 Å². The lowest BCUT2D eigenvalue weighted by Gasteiger charge is -2.31. The van der Waals surface area contributed by atoms with Crippen LogP contribution >= 0.6 is 23.2 Å². The molecule has 21 heavy (non-hydrogen) atoms. The summed E-state index contributed by atoms with van der Waals surface area (Å²) in [6, 6.07) is 9.96. The van der Waals surface area contributed by atoms with Gasteiger partial charge in [0.1, 0.15) is 5.82 Å². The van der Waals surface area contributed by atoms with Crippen LogP contribution in [0.2, 0.25) is 0 Å². The van der Waals surface area contributed by atoms with Crippen LogP contribution in [0.1, 0.15) is 11.1 Å². The molecule has 2 aromatic carbocycles. The lowest BCUT2D eigenvalue weighted by Crippen LogP contribution is -2.34. The van der Waals surface area contributed by atoms with Gasteiger partial charge in [-0.25, -0.2) is 13.2 Å². The minimum absolute atomic E-state index is 0.00656. The summed E-state index contributed by atoms with van der Waals surface area (Å²) in [7, 11) is 0. The molecule has 0 nitrogen and oxygen atoms in total. The Balaban J connectivity index is 2.49. The smallest absolute Gasteiger partial charge is 0.162 e. The minimum atomic E-state index is -0.997. The molecule has 0 aliphatic heterocycles. The van der Waals surface area contributed by atoms with Crippen LogP contribution in [0.25, 0.3) is 0 Å². The number of benzene rings is 2. The van der Waals surface area contributed by atoms with Crippen LogP contribution in [0.15, 0.2) is 42.5 Å². The molecule has 2 rings (SSSR count). The summed E-state index contributed by atoms with van der Waals surface area (Å²) in [4.78, 5) is 0. The molecule has 0 aliphatic carbocycles. The Bertz CT molecular complexity index is 625. The van der Waals surface area contributed by atoms with Gasteiger partial charge in [0.15, 0.2) is 11.6 Å². The van der Waals surface area contributed by atoms with E-state index in [1.54, 1.807) is 18.2 Å². The van der Waals surface area contributed by atoms with Crippen LogP contribution in [-0.4, -0.2) is 11.8 Å². The molecule has 0 aliphatic rings. The third kappa shape index (κ3) is 3.19.